The molecule has 0 atom stereocenters. The van der Waals surface area contributed by atoms with Crippen LogP contribution in [0.1, 0.15) is 0 Å². The number of nitrogens with one attached hydrogen (secondary N) is 2. The van der Waals surface area contributed by atoms with Crippen LogP contribution in [-0.2, 0) is 16.5 Å². The van der Waals surface area contributed by atoms with E-state index in [4.69, 9.17) is 53.5 Å². The molecule has 0 saturated carbocycles. The molecule has 118 valence electrons. The summed E-state index contributed by atoms with van der Waals surface area (Å²) < 4.78 is 24.6. The molecule has 0 unspecified atom stereocenters. The van der Waals surface area contributed by atoms with Crippen LogP contribution in [-0.4, -0.2) is 0 Å². The first-order valence-corrected chi connectivity index (χ1v) is 11.4. The second kappa shape index (κ2) is 11.3. The predicted molar refractivity (Wildman–Crippen MR) is 82.5 cm³/mol. The Hall–Kier alpha value is -0.252. The molecule has 2 nitrogen and oxygen atoms in total. The van der Waals surface area contributed by atoms with Crippen LogP contribution in [0.25, 0.3) is 11.5 Å². The summed E-state index contributed by atoms with van der Waals surface area (Å²) in [7, 11) is 9.75. The molecule has 0 aliphatic rings. The summed E-state index contributed by atoms with van der Waals surface area (Å²) in [6, 6.07) is 7.56. The van der Waals surface area contributed by atoms with Gasteiger partial charge in [0.25, 0.3) is 0 Å². The van der Waals surface area contributed by atoms with Gasteiger partial charge in [-0.05, 0) is 12.1 Å². The molecule has 0 fully saturated rings. The third kappa shape index (κ3) is 9.38. The van der Waals surface area contributed by atoms with E-state index < -0.39 is 28.1 Å². The van der Waals surface area contributed by atoms with E-state index in [1.165, 1.54) is 36.4 Å². The van der Waals surface area contributed by atoms with Crippen LogP contribution in [0.3, 0.4) is 0 Å². The van der Waals surface area contributed by atoms with Crippen molar-refractivity contribution >= 4 is 53.4 Å². The Labute approximate surface area is 147 Å². The van der Waals surface area contributed by atoms with Crippen molar-refractivity contribution in [1.29, 1.82) is 0 Å². The van der Waals surface area contributed by atoms with Gasteiger partial charge >= 0.3 is 35.3 Å². The largest absolute Gasteiger partial charge is 0.699 e. The maximum atomic E-state index is 12.3. The summed E-state index contributed by atoms with van der Waals surface area (Å²) in [5.41, 5.74) is 14.4. The monoisotopic (exact) mass is 553 g/mol. The third-order valence-corrected chi connectivity index (χ3v) is 2.42. The van der Waals surface area contributed by atoms with Gasteiger partial charge in [-0.25, -0.2) is 8.78 Å². The fourth-order valence-electron chi connectivity index (χ4n) is 0.992. The van der Waals surface area contributed by atoms with Crippen molar-refractivity contribution in [3.05, 3.63) is 69.5 Å². The standard InChI is InChI=1S/2C6H4ClFN.2ClH.Pt/c2*7-5-3-4(9)1-2-6(5)8;;;/h2*1-3,9H;2*1H;/q2*-1;;;+4/p-2. The molecule has 2 N–H and O–H groups in total. The van der Waals surface area contributed by atoms with Crippen LogP contribution < -0.4 is 0 Å². The Kier molecular flexibility index (Phi) is 11.2. The molecule has 2 aromatic rings. The van der Waals surface area contributed by atoms with E-state index in [-0.39, 0.29) is 21.4 Å². The van der Waals surface area contributed by atoms with E-state index in [1.807, 2.05) is 0 Å². The molecule has 0 radical (unpaired) electrons. The van der Waals surface area contributed by atoms with Gasteiger partial charge in [0, 0.05) is 0 Å². The summed E-state index contributed by atoms with van der Waals surface area (Å²) in [5, 5.41) is 0.00463. The topological polar surface area (TPSA) is 47.6 Å². The van der Waals surface area contributed by atoms with Gasteiger partial charge in [0.05, 0.1) is 10.0 Å². The normalized spacial score (nSPS) is 9.24. The zero-order valence-corrected chi connectivity index (χ0v) is 15.3. The Morgan fingerprint density at radius 3 is 1.24 bits per heavy atom. The number of rotatable bonds is 0. The smallest absolute Gasteiger partial charge is 0.141 e. The molecule has 0 saturated heterocycles. The number of hydrogen-bond donors (Lipinski definition) is 0. The summed E-state index contributed by atoms with van der Waals surface area (Å²) >= 11 is 10.2. The van der Waals surface area contributed by atoms with E-state index in [1.54, 1.807) is 0 Å². The Bertz CT molecular complexity index is 523. The molecule has 21 heavy (non-hydrogen) atoms. The zero-order valence-electron chi connectivity index (χ0n) is 10.0. The van der Waals surface area contributed by atoms with Crippen molar-refractivity contribution in [3.8, 4) is 0 Å². The van der Waals surface area contributed by atoms with Gasteiger partial charge in [0.15, 0.2) is 0 Å². The van der Waals surface area contributed by atoms with E-state index >= 15 is 0 Å². The summed E-state index contributed by atoms with van der Waals surface area (Å²) in [5.74, 6) is -0.958. The van der Waals surface area contributed by atoms with Crippen LogP contribution in [0.15, 0.2) is 36.4 Å². The van der Waals surface area contributed by atoms with Crippen molar-refractivity contribution in [2.24, 2.45) is 0 Å². The summed E-state index contributed by atoms with van der Waals surface area (Å²) in [6.07, 6.45) is 0. The van der Waals surface area contributed by atoms with Crippen LogP contribution in [0, 0.1) is 11.6 Å². The molecule has 0 aliphatic carbocycles. The van der Waals surface area contributed by atoms with Gasteiger partial charge in [-0.1, -0.05) is 47.5 Å². The molecule has 2 rings (SSSR count). The van der Waals surface area contributed by atoms with Crippen molar-refractivity contribution < 1.29 is 25.3 Å². The average Bonchev–Trinajstić information content (AvgIpc) is 2.41. The number of benzene rings is 2. The first kappa shape index (κ1) is 20.7. The molecular weight excluding hydrogens is 547 g/mol. The van der Waals surface area contributed by atoms with Gasteiger partial charge in [-0.2, -0.15) is 0 Å². The van der Waals surface area contributed by atoms with Crippen molar-refractivity contribution in [1.82, 2.24) is 0 Å². The van der Waals surface area contributed by atoms with Gasteiger partial charge in [0.1, 0.15) is 11.6 Å². The average molecular weight is 555 g/mol. The van der Waals surface area contributed by atoms with E-state index in [0.29, 0.717) is 0 Å². The zero-order chi connectivity index (χ0) is 16.4. The third-order valence-electron chi connectivity index (χ3n) is 1.84. The van der Waals surface area contributed by atoms with E-state index in [0.717, 1.165) is 0 Å². The van der Waals surface area contributed by atoms with Gasteiger partial charge in [-0.3, -0.25) is 0 Å². The molecule has 0 spiro atoms. The fraction of sp³-hybridized carbons (Fsp3) is 0. The van der Waals surface area contributed by atoms with Crippen LogP contribution in [0.5, 0.6) is 0 Å². The number of hydrogen-bond acceptors (Lipinski definition) is 0. The van der Waals surface area contributed by atoms with Crippen LogP contribution in [0.2, 0.25) is 10.0 Å². The van der Waals surface area contributed by atoms with Crippen LogP contribution in [0.4, 0.5) is 20.2 Å². The van der Waals surface area contributed by atoms with Crippen LogP contribution >= 0.6 is 42.0 Å². The fourth-order valence-corrected chi connectivity index (χ4v) is 1.35. The first-order chi connectivity index (χ1) is 9.81. The second-order valence-corrected chi connectivity index (χ2v) is 7.40. The maximum absolute atomic E-state index is 12.3. The Morgan fingerprint density at radius 2 is 1.05 bits per heavy atom. The Balaban J connectivity index is 0.000000322. The molecule has 0 bridgehead atoms. The van der Waals surface area contributed by atoms with Gasteiger partial charge in [-0.15, -0.1) is 11.4 Å². The molecule has 9 heteroatoms. The first-order valence-electron chi connectivity index (χ1n) is 4.97. The van der Waals surface area contributed by atoms with Crippen molar-refractivity contribution in [3.63, 3.8) is 0 Å². The molecule has 2 aromatic carbocycles. The minimum atomic E-state index is -0.479. The minimum absolute atomic E-state index is 0.00231. The number of halogens is 6. The molecule has 0 aliphatic heterocycles. The van der Waals surface area contributed by atoms with Gasteiger partial charge in [0.2, 0.25) is 0 Å². The molecule has 0 aromatic heterocycles. The Morgan fingerprint density at radius 1 is 0.762 bits per heavy atom. The minimum Gasteiger partial charge on any atom is -0.699 e. The molecular formula is C12H8Cl4F2N2Pt. The van der Waals surface area contributed by atoms with Crippen molar-refractivity contribution in [2.75, 3.05) is 0 Å². The maximum Gasteiger partial charge on any atom is 0.141 e. The summed E-state index contributed by atoms with van der Waals surface area (Å²) in [6.45, 7) is 0. The summed E-state index contributed by atoms with van der Waals surface area (Å²) in [4.78, 5) is 0. The predicted octanol–water partition coefficient (Wildman–Crippen LogP) is 7.70. The second-order valence-electron chi connectivity index (χ2n) is 3.30. The molecule has 0 amide bonds. The van der Waals surface area contributed by atoms with E-state index in [2.05, 4.69) is 0 Å². The van der Waals surface area contributed by atoms with Gasteiger partial charge < -0.3 is 11.5 Å². The van der Waals surface area contributed by atoms with E-state index in [9.17, 15) is 8.78 Å². The molecule has 0 heterocycles. The SMILES string of the molecule is [Cl][Pt+2][Cl].[NH-]c1ccc(F)c(Cl)c1.[NH-]c1ccc(F)c(Cl)c1. The quantitative estimate of drug-likeness (QED) is 0.320. The van der Waals surface area contributed by atoms with Crippen molar-refractivity contribution in [2.45, 2.75) is 0 Å².